The van der Waals surface area contributed by atoms with Crippen molar-refractivity contribution in [1.29, 1.82) is 0 Å². The molecule has 27 heavy (non-hydrogen) atoms. The van der Waals surface area contributed by atoms with E-state index in [4.69, 9.17) is 18.9 Å². The number of hydrogen-bond acceptors (Lipinski definition) is 5. The van der Waals surface area contributed by atoms with E-state index in [1.165, 1.54) is 12.8 Å². The second-order valence-corrected chi connectivity index (χ2v) is 14.3. The SMILES string of the molecule is CC(c1ccc2c(n1)OCCO2)N1CCC[C@H](CO[Si](C)(C)C(C)(C)C)C1. The number of likely N-dealkylation sites (tertiary alicyclic amines) is 1. The molecule has 1 unspecified atom stereocenters. The molecule has 0 bridgehead atoms. The van der Waals surface area contributed by atoms with Gasteiger partial charge in [-0.05, 0) is 62.5 Å². The van der Waals surface area contributed by atoms with Crippen molar-refractivity contribution in [2.45, 2.75) is 64.7 Å². The van der Waals surface area contributed by atoms with Crippen molar-refractivity contribution in [3.8, 4) is 11.6 Å². The predicted octanol–water partition coefficient (Wildman–Crippen LogP) is 4.65. The van der Waals surface area contributed by atoms with Crippen molar-refractivity contribution in [1.82, 2.24) is 9.88 Å². The molecule has 0 saturated carbocycles. The Labute approximate surface area is 165 Å². The van der Waals surface area contributed by atoms with Crippen molar-refractivity contribution < 1.29 is 13.9 Å². The second kappa shape index (κ2) is 8.09. The van der Waals surface area contributed by atoms with Gasteiger partial charge in [0.1, 0.15) is 13.2 Å². The second-order valence-electron chi connectivity index (χ2n) is 9.49. The smallest absolute Gasteiger partial charge is 0.257 e. The third-order valence-corrected chi connectivity index (χ3v) is 10.9. The summed E-state index contributed by atoms with van der Waals surface area (Å²) in [4.78, 5) is 7.26. The van der Waals surface area contributed by atoms with Gasteiger partial charge in [-0.15, -0.1) is 0 Å². The molecule has 0 N–H and O–H groups in total. The van der Waals surface area contributed by atoms with Crippen LogP contribution < -0.4 is 9.47 Å². The minimum absolute atomic E-state index is 0.268. The highest BCUT2D eigenvalue weighted by atomic mass is 28.4. The lowest BCUT2D eigenvalue weighted by molar-refractivity contribution is 0.0940. The van der Waals surface area contributed by atoms with E-state index in [-0.39, 0.29) is 11.1 Å². The molecule has 1 fully saturated rings. The Morgan fingerprint density at radius 3 is 2.74 bits per heavy atom. The average molecular weight is 393 g/mol. The normalized spacial score (nSPS) is 22.5. The Bertz CT molecular complexity index is 645. The summed E-state index contributed by atoms with van der Waals surface area (Å²) in [7, 11) is -1.68. The standard InChI is InChI=1S/C21H36N2O3Si/c1-16(18-9-10-19-20(22-18)25-13-12-24-19)23-11-7-8-17(14-23)15-26-27(5,6)21(2,3)4/h9-10,16-17H,7-8,11-15H2,1-6H3/t16?,17-/m0/s1. The number of hydrogen-bond donors (Lipinski definition) is 0. The molecule has 6 heteroatoms. The van der Waals surface area contributed by atoms with Crippen LogP contribution in [0.3, 0.4) is 0 Å². The van der Waals surface area contributed by atoms with Crippen LogP contribution in [0.4, 0.5) is 0 Å². The Morgan fingerprint density at radius 2 is 2.00 bits per heavy atom. The first kappa shape index (κ1) is 20.6. The van der Waals surface area contributed by atoms with E-state index in [2.05, 4.69) is 51.8 Å². The molecule has 0 aliphatic carbocycles. The number of fused-ring (bicyclic) bond motifs is 1. The van der Waals surface area contributed by atoms with Crippen molar-refractivity contribution in [3.63, 3.8) is 0 Å². The lowest BCUT2D eigenvalue weighted by Gasteiger charge is -2.40. The van der Waals surface area contributed by atoms with Gasteiger partial charge in [0.05, 0.1) is 5.69 Å². The Balaban J connectivity index is 1.60. The molecule has 1 aromatic heterocycles. The fourth-order valence-corrected chi connectivity index (χ4v) is 4.58. The van der Waals surface area contributed by atoms with E-state index in [0.717, 1.165) is 31.1 Å². The van der Waals surface area contributed by atoms with Gasteiger partial charge < -0.3 is 13.9 Å². The molecule has 3 heterocycles. The number of aromatic nitrogens is 1. The van der Waals surface area contributed by atoms with Gasteiger partial charge in [0.25, 0.3) is 5.88 Å². The molecule has 2 aliphatic rings. The zero-order valence-electron chi connectivity index (χ0n) is 17.9. The summed E-state index contributed by atoms with van der Waals surface area (Å²) in [6.45, 7) is 18.1. The quantitative estimate of drug-likeness (QED) is 0.683. The van der Waals surface area contributed by atoms with Crippen LogP contribution in [0.15, 0.2) is 12.1 Å². The summed E-state index contributed by atoms with van der Waals surface area (Å²) >= 11 is 0. The highest BCUT2D eigenvalue weighted by molar-refractivity contribution is 6.74. The summed E-state index contributed by atoms with van der Waals surface area (Å²) in [5, 5.41) is 0.268. The zero-order chi connectivity index (χ0) is 19.7. The van der Waals surface area contributed by atoms with Gasteiger partial charge in [-0.1, -0.05) is 20.8 Å². The van der Waals surface area contributed by atoms with Gasteiger partial charge in [-0.2, -0.15) is 0 Å². The summed E-state index contributed by atoms with van der Waals surface area (Å²) in [5.41, 5.74) is 1.06. The third kappa shape index (κ3) is 4.84. The molecular formula is C21H36N2O3Si. The van der Waals surface area contributed by atoms with E-state index >= 15 is 0 Å². The lowest BCUT2D eigenvalue weighted by atomic mass is 9.97. The molecule has 0 aromatic carbocycles. The van der Waals surface area contributed by atoms with Crippen molar-refractivity contribution in [2.75, 3.05) is 32.9 Å². The molecule has 5 nitrogen and oxygen atoms in total. The lowest BCUT2D eigenvalue weighted by Crippen LogP contribution is -2.44. The Morgan fingerprint density at radius 1 is 1.26 bits per heavy atom. The van der Waals surface area contributed by atoms with E-state index < -0.39 is 8.32 Å². The number of rotatable bonds is 5. The molecule has 1 aromatic rings. The van der Waals surface area contributed by atoms with E-state index in [1.54, 1.807) is 0 Å². The van der Waals surface area contributed by atoms with Crippen LogP contribution in [0.2, 0.25) is 18.1 Å². The molecule has 0 amide bonds. The zero-order valence-corrected chi connectivity index (χ0v) is 18.9. The van der Waals surface area contributed by atoms with Crippen LogP contribution in [0, 0.1) is 5.92 Å². The summed E-state index contributed by atoms with van der Waals surface area (Å²) < 4.78 is 17.8. The average Bonchev–Trinajstić information content (AvgIpc) is 2.65. The molecular weight excluding hydrogens is 356 g/mol. The van der Waals surface area contributed by atoms with Crippen LogP contribution in [0.5, 0.6) is 11.6 Å². The van der Waals surface area contributed by atoms with Gasteiger partial charge in [0.2, 0.25) is 0 Å². The molecule has 3 rings (SSSR count). The monoisotopic (exact) mass is 392 g/mol. The largest absolute Gasteiger partial charge is 0.484 e. The highest BCUT2D eigenvalue weighted by Gasteiger charge is 2.38. The van der Waals surface area contributed by atoms with Crippen LogP contribution in [0.25, 0.3) is 0 Å². The van der Waals surface area contributed by atoms with Gasteiger partial charge in [-0.25, -0.2) is 4.98 Å². The summed E-state index contributed by atoms with van der Waals surface area (Å²) in [5.74, 6) is 2.00. The van der Waals surface area contributed by atoms with Crippen molar-refractivity contribution >= 4 is 8.32 Å². The van der Waals surface area contributed by atoms with E-state index in [9.17, 15) is 0 Å². The number of piperidine rings is 1. The summed E-state index contributed by atoms with van der Waals surface area (Å²) in [6.07, 6.45) is 2.48. The molecule has 0 radical (unpaired) electrons. The predicted molar refractivity (Wildman–Crippen MR) is 111 cm³/mol. The maximum absolute atomic E-state index is 6.50. The first-order valence-electron chi connectivity index (χ1n) is 10.3. The number of ether oxygens (including phenoxy) is 2. The topological polar surface area (TPSA) is 43.8 Å². The van der Waals surface area contributed by atoms with Gasteiger partial charge in [0.15, 0.2) is 14.1 Å². The Hall–Kier alpha value is -1.11. The van der Waals surface area contributed by atoms with Gasteiger partial charge in [0, 0.05) is 19.2 Å². The minimum Gasteiger partial charge on any atom is -0.484 e. The van der Waals surface area contributed by atoms with Crippen LogP contribution in [0.1, 0.15) is 52.3 Å². The van der Waals surface area contributed by atoms with E-state index in [1.807, 2.05) is 6.07 Å². The first-order valence-corrected chi connectivity index (χ1v) is 13.2. The van der Waals surface area contributed by atoms with Crippen molar-refractivity contribution in [3.05, 3.63) is 17.8 Å². The third-order valence-electron chi connectivity index (χ3n) is 6.44. The Kier molecular flexibility index (Phi) is 6.18. The fourth-order valence-electron chi connectivity index (χ4n) is 3.49. The van der Waals surface area contributed by atoms with Crippen molar-refractivity contribution in [2.24, 2.45) is 5.92 Å². The number of nitrogens with zero attached hydrogens (tertiary/aromatic N) is 2. The van der Waals surface area contributed by atoms with E-state index in [0.29, 0.717) is 25.0 Å². The highest BCUT2D eigenvalue weighted by Crippen LogP contribution is 2.37. The summed E-state index contributed by atoms with van der Waals surface area (Å²) in [6, 6.07) is 4.35. The van der Waals surface area contributed by atoms with Gasteiger partial charge >= 0.3 is 0 Å². The number of pyridine rings is 1. The molecule has 0 spiro atoms. The molecule has 1 saturated heterocycles. The molecule has 2 aliphatic heterocycles. The first-order chi connectivity index (χ1) is 12.7. The van der Waals surface area contributed by atoms with Crippen LogP contribution in [-0.4, -0.2) is 51.1 Å². The molecule has 2 atom stereocenters. The fraction of sp³-hybridized carbons (Fsp3) is 0.762. The maximum Gasteiger partial charge on any atom is 0.257 e. The van der Waals surface area contributed by atoms with Crippen LogP contribution in [-0.2, 0) is 4.43 Å². The van der Waals surface area contributed by atoms with Crippen LogP contribution >= 0.6 is 0 Å². The van der Waals surface area contributed by atoms with Gasteiger partial charge in [-0.3, -0.25) is 4.90 Å². The molecule has 152 valence electrons. The maximum atomic E-state index is 6.50. The minimum atomic E-state index is -1.68.